The molecule has 1 aliphatic rings. The highest BCUT2D eigenvalue weighted by molar-refractivity contribution is 8.00. The minimum atomic E-state index is -0.712. The lowest BCUT2D eigenvalue weighted by Crippen LogP contribution is -2.33. The van der Waals surface area contributed by atoms with Crippen molar-refractivity contribution in [3.8, 4) is 5.75 Å². The molecule has 51 heavy (non-hydrogen) atoms. The average molecular weight is 696 g/mol. The van der Waals surface area contributed by atoms with Gasteiger partial charge in [-0.25, -0.2) is 0 Å². The van der Waals surface area contributed by atoms with Crippen LogP contribution in [0, 0.1) is 0 Å². The van der Waals surface area contributed by atoms with Gasteiger partial charge in [-0.15, -0.1) is 11.8 Å². The van der Waals surface area contributed by atoms with Crippen molar-refractivity contribution in [3.63, 3.8) is 0 Å². The number of methoxy groups -OCH3 is 1. The lowest BCUT2D eigenvalue weighted by molar-refractivity contribution is -0.119. The van der Waals surface area contributed by atoms with Gasteiger partial charge in [0.1, 0.15) is 22.5 Å². The Labute approximate surface area is 299 Å². The van der Waals surface area contributed by atoms with Crippen LogP contribution in [-0.4, -0.2) is 36.6 Å². The summed E-state index contributed by atoms with van der Waals surface area (Å²) in [6.07, 6.45) is 1.54. The lowest BCUT2D eigenvalue weighted by Gasteiger charge is -2.17. The van der Waals surface area contributed by atoms with Crippen molar-refractivity contribution >= 4 is 58.7 Å². The number of carbonyl (C=O) groups excluding carboxylic acids is 4. The molecule has 10 nitrogen and oxygen atoms in total. The molecule has 0 fully saturated rings. The first-order chi connectivity index (χ1) is 24.9. The predicted molar refractivity (Wildman–Crippen MR) is 199 cm³/mol. The Morgan fingerprint density at radius 1 is 0.804 bits per heavy atom. The molecule has 3 N–H and O–H groups in total. The third-order valence-electron chi connectivity index (χ3n) is 7.69. The summed E-state index contributed by atoms with van der Waals surface area (Å²) in [6, 6.07) is 41.1. The summed E-state index contributed by atoms with van der Waals surface area (Å²) in [5, 5.41) is 13.4. The van der Waals surface area contributed by atoms with E-state index in [0.717, 1.165) is 5.56 Å². The van der Waals surface area contributed by atoms with Crippen LogP contribution in [0.25, 0.3) is 6.08 Å². The van der Waals surface area contributed by atoms with Gasteiger partial charge in [-0.05, 0) is 71.8 Å². The molecule has 0 bridgehead atoms. The monoisotopic (exact) mass is 695 g/mol. The summed E-state index contributed by atoms with van der Waals surface area (Å²) in [7, 11) is 1.57. The van der Waals surface area contributed by atoms with Crippen LogP contribution in [0.4, 0.5) is 11.4 Å². The van der Waals surface area contributed by atoms with E-state index >= 15 is 0 Å². The van der Waals surface area contributed by atoms with E-state index in [4.69, 9.17) is 4.74 Å². The van der Waals surface area contributed by atoms with Crippen molar-refractivity contribution in [2.24, 2.45) is 5.10 Å². The number of hydrogen-bond donors (Lipinski definition) is 3. The number of benzene rings is 5. The van der Waals surface area contributed by atoms with Crippen LogP contribution < -0.4 is 25.7 Å². The molecule has 0 radical (unpaired) electrons. The number of nitrogens with one attached hydrogen (secondary N) is 3. The molecular formula is C40H33N5O5S. The summed E-state index contributed by atoms with van der Waals surface area (Å²) < 4.78 is 5.24. The molecule has 1 heterocycles. The van der Waals surface area contributed by atoms with Gasteiger partial charge in [0, 0.05) is 16.1 Å². The molecule has 0 saturated carbocycles. The lowest BCUT2D eigenvalue weighted by atomic mass is 10.1. The number of hydrogen-bond acceptors (Lipinski definition) is 7. The number of nitrogens with zero attached hydrogens (tertiary/aromatic N) is 2. The van der Waals surface area contributed by atoms with Gasteiger partial charge in [-0.2, -0.15) is 10.1 Å². The molecule has 0 spiro atoms. The van der Waals surface area contributed by atoms with Crippen molar-refractivity contribution in [1.82, 2.24) is 10.6 Å². The molecule has 11 heteroatoms. The summed E-state index contributed by atoms with van der Waals surface area (Å²) in [5.41, 5.74) is 2.92. The van der Waals surface area contributed by atoms with Gasteiger partial charge >= 0.3 is 0 Å². The highest BCUT2D eigenvalue weighted by Crippen LogP contribution is 2.37. The van der Waals surface area contributed by atoms with Gasteiger partial charge in [0.05, 0.1) is 19.2 Å². The fourth-order valence-electron chi connectivity index (χ4n) is 5.17. The maximum absolute atomic E-state index is 13.8. The Bertz CT molecular complexity index is 2090. The number of para-hydroxylation sites is 1. The molecule has 0 aliphatic carbocycles. The fraction of sp³-hybridized carbons (Fsp3) is 0.0750. The second-order valence-corrected chi connectivity index (χ2v) is 12.5. The molecule has 4 amide bonds. The first kappa shape index (κ1) is 34.4. The van der Waals surface area contributed by atoms with Crippen molar-refractivity contribution < 1.29 is 23.9 Å². The van der Waals surface area contributed by atoms with Gasteiger partial charge in [0.25, 0.3) is 17.7 Å². The van der Waals surface area contributed by atoms with E-state index in [1.807, 2.05) is 54.6 Å². The third-order valence-corrected chi connectivity index (χ3v) is 8.93. The standard InChI is InChI=1S/C40H33N5O5S/c1-50-32-22-20-27(21-23-32)24-34(42-38(47)29-14-7-3-8-15-29)39(48)41-30-16-11-19-33(25-30)51-37(28-12-5-2-6-13-28)40(49)43-35-26-36(46)45(44-35)31-17-9-4-10-18-31/h2-25,37H,26H2,1H3,(H,41,48)(H,42,47)(H,43,44,49)/b34-24+. The Morgan fingerprint density at radius 2 is 1.47 bits per heavy atom. The topological polar surface area (TPSA) is 129 Å². The second-order valence-electron chi connectivity index (χ2n) is 11.3. The fourth-order valence-corrected chi connectivity index (χ4v) is 6.25. The van der Waals surface area contributed by atoms with Crippen LogP contribution in [0.5, 0.6) is 5.75 Å². The Kier molecular flexibility index (Phi) is 11.0. The van der Waals surface area contributed by atoms with E-state index < -0.39 is 17.1 Å². The van der Waals surface area contributed by atoms with Crippen LogP contribution in [0.3, 0.4) is 0 Å². The number of amides is 4. The maximum Gasteiger partial charge on any atom is 0.272 e. The zero-order valence-corrected chi connectivity index (χ0v) is 28.3. The molecule has 1 aliphatic heterocycles. The van der Waals surface area contributed by atoms with E-state index in [0.29, 0.717) is 33.1 Å². The molecule has 1 unspecified atom stereocenters. The predicted octanol–water partition coefficient (Wildman–Crippen LogP) is 6.80. The van der Waals surface area contributed by atoms with Crippen LogP contribution in [0.1, 0.15) is 33.2 Å². The van der Waals surface area contributed by atoms with Gasteiger partial charge in [-0.1, -0.05) is 84.9 Å². The number of carbonyl (C=O) groups is 4. The molecule has 5 aromatic carbocycles. The molecule has 1 atom stereocenters. The zero-order valence-electron chi connectivity index (χ0n) is 27.5. The van der Waals surface area contributed by atoms with Crippen LogP contribution in [0.15, 0.2) is 155 Å². The number of thioether (sulfide) groups is 1. The first-order valence-corrected chi connectivity index (χ1v) is 16.9. The number of hydrazone groups is 1. The van der Waals surface area contributed by atoms with Crippen molar-refractivity contribution in [2.75, 3.05) is 17.4 Å². The average Bonchev–Trinajstić information content (AvgIpc) is 3.54. The van der Waals surface area contributed by atoms with E-state index in [2.05, 4.69) is 21.1 Å². The first-order valence-electron chi connectivity index (χ1n) is 16.0. The highest BCUT2D eigenvalue weighted by Gasteiger charge is 2.29. The smallest absolute Gasteiger partial charge is 0.272 e. The van der Waals surface area contributed by atoms with Gasteiger partial charge < -0.3 is 20.7 Å². The minimum Gasteiger partial charge on any atom is -0.497 e. The Morgan fingerprint density at radius 3 is 2.16 bits per heavy atom. The maximum atomic E-state index is 13.8. The molecule has 0 saturated heterocycles. The van der Waals surface area contributed by atoms with Gasteiger partial charge in [0.15, 0.2) is 0 Å². The summed E-state index contributed by atoms with van der Waals surface area (Å²) in [6.45, 7) is 0. The largest absolute Gasteiger partial charge is 0.497 e. The van der Waals surface area contributed by atoms with Crippen molar-refractivity contribution in [3.05, 3.63) is 162 Å². The third kappa shape index (κ3) is 8.97. The summed E-state index contributed by atoms with van der Waals surface area (Å²) in [5.74, 6) is -0.666. The SMILES string of the molecule is COc1ccc(/C=C(/NC(=O)c2ccccc2)C(=O)Nc2cccc(SC(C(=O)NC3=NN(c4ccccc4)C(=O)C3)c3ccccc3)c2)cc1. The number of ether oxygens (including phenoxy) is 1. The quantitative estimate of drug-likeness (QED) is 0.103. The van der Waals surface area contributed by atoms with E-state index in [1.165, 1.54) is 16.8 Å². The van der Waals surface area contributed by atoms with Gasteiger partial charge in [-0.3, -0.25) is 19.2 Å². The second kappa shape index (κ2) is 16.3. The Balaban J connectivity index is 1.21. The normalized spacial score (nSPS) is 13.2. The van der Waals surface area contributed by atoms with Crippen LogP contribution >= 0.6 is 11.8 Å². The minimum absolute atomic E-state index is 0.0325. The van der Waals surface area contributed by atoms with Gasteiger partial charge in [0.2, 0.25) is 5.91 Å². The van der Waals surface area contributed by atoms with Crippen molar-refractivity contribution in [1.29, 1.82) is 0 Å². The van der Waals surface area contributed by atoms with E-state index in [-0.39, 0.29) is 29.8 Å². The molecule has 5 aromatic rings. The number of anilines is 2. The summed E-state index contributed by atoms with van der Waals surface area (Å²) in [4.78, 5) is 54.0. The van der Waals surface area contributed by atoms with Crippen molar-refractivity contribution in [2.45, 2.75) is 16.6 Å². The summed E-state index contributed by atoms with van der Waals surface area (Å²) >= 11 is 1.28. The highest BCUT2D eigenvalue weighted by atomic mass is 32.2. The van der Waals surface area contributed by atoms with Crippen LogP contribution in [-0.2, 0) is 14.4 Å². The molecule has 254 valence electrons. The molecular weight excluding hydrogens is 663 g/mol. The zero-order chi connectivity index (χ0) is 35.6. The van der Waals surface area contributed by atoms with E-state index in [1.54, 1.807) is 98.1 Å². The van der Waals surface area contributed by atoms with Crippen LogP contribution in [0.2, 0.25) is 0 Å². The molecule has 0 aromatic heterocycles. The van der Waals surface area contributed by atoms with E-state index in [9.17, 15) is 19.2 Å². The Hall–Kier alpha value is -6.46. The number of rotatable bonds is 11. The molecule has 6 rings (SSSR count). The number of amidine groups is 1.